The van der Waals surface area contributed by atoms with E-state index in [1.54, 1.807) is 6.07 Å². The lowest BCUT2D eigenvalue weighted by Gasteiger charge is -2.08. The molecule has 0 aliphatic heterocycles. The largest absolute Gasteiger partial charge is 0.422 e. The Morgan fingerprint density at radius 2 is 1.96 bits per heavy atom. The first-order valence-corrected chi connectivity index (χ1v) is 6.51. The predicted molar refractivity (Wildman–Crippen MR) is 75.1 cm³/mol. The molecule has 23 heavy (non-hydrogen) atoms. The van der Waals surface area contributed by atoms with Crippen molar-refractivity contribution in [3.05, 3.63) is 57.4 Å². The monoisotopic (exact) mass is 342 g/mol. The third kappa shape index (κ3) is 2.82. The van der Waals surface area contributed by atoms with Gasteiger partial charge in [-0.25, -0.2) is 9.50 Å². The average Bonchev–Trinajstić information content (AvgIpc) is 2.88. The Labute approximate surface area is 131 Å². The Hall–Kier alpha value is -2.68. The SMILES string of the molecule is O=[N+]([O-])c1cc(-c2cn3nc(Cl)ccc3n2)ccc1C(F)(F)F. The van der Waals surface area contributed by atoms with Crippen LogP contribution in [0.4, 0.5) is 18.9 Å². The van der Waals surface area contributed by atoms with Crippen LogP contribution in [-0.4, -0.2) is 19.5 Å². The van der Waals surface area contributed by atoms with Crippen molar-refractivity contribution >= 4 is 22.9 Å². The van der Waals surface area contributed by atoms with E-state index in [1.807, 2.05) is 0 Å². The predicted octanol–water partition coefficient (Wildman–Crippen LogP) is 3.98. The van der Waals surface area contributed by atoms with E-state index < -0.39 is 22.4 Å². The van der Waals surface area contributed by atoms with Crippen LogP contribution in [-0.2, 0) is 6.18 Å². The van der Waals surface area contributed by atoms with Crippen LogP contribution in [0.25, 0.3) is 16.9 Å². The zero-order valence-corrected chi connectivity index (χ0v) is 11.8. The van der Waals surface area contributed by atoms with Gasteiger partial charge >= 0.3 is 6.18 Å². The van der Waals surface area contributed by atoms with Crippen molar-refractivity contribution in [2.24, 2.45) is 0 Å². The van der Waals surface area contributed by atoms with E-state index in [0.29, 0.717) is 11.7 Å². The van der Waals surface area contributed by atoms with Gasteiger partial charge in [0.15, 0.2) is 5.65 Å². The molecule has 0 aliphatic rings. The highest BCUT2D eigenvalue weighted by Gasteiger charge is 2.38. The fourth-order valence-corrected chi connectivity index (χ4v) is 2.22. The highest BCUT2D eigenvalue weighted by atomic mass is 35.5. The number of halogens is 4. The van der Waals surface area contributed by atoms with Crippen LogP contribution in [0.1, 0.15) is 5.56 Å². The highest BCUT2D eigenvalue weighted by Crippen LogP contribution is 2.38. The van der Waals surface area contributed by atoms with E-state index in [4.69, 9.17) is 11.6 Å². The molecule has 2 aromatic heterocycles. The first kappa shape index (κ1) is 15.2. The van der Waals surface area contributed by atoms with Gasteiger partial charge < -0.3 is 0 Å². The number of rotatable bonds is 2. The second-order valence-corrected chi connectivity index (χ2v) is 4.96. The molecule has 118 valence electrons. The minimum atomic E-state index is -4.81. The number of nitro benzene ring substituents is 1. The molecule has 3 rings (SSSR count). The molecule has 0 unspecified atom stereocenters. The molecule has 0 N–H and O–H groups in total. The number of hydrogen-bond acceptors (Lipinski definition) is 4. The summed E-state index contributed by atoms with van der Waals surface area (Å²) < 4.78 is 39.8. The quantitative estimate of drug-likeness (QED) is 0.521. The van der Waals surface area contributed by atoms with Gasteiger partial charge in [-0.05, 0) is 18.2 Å². The van der Waals surface area contributed by atoms with Crippen molar-refractivity contribution in [1.29, 1.82) is 0 Å². The number of aromatic nitrogens is 3. The van der Waals surface area contributed by atoms with Gasteiger partial charge in [0.1, 0.15) is 10.7 Å². The summed E-state index contributed by atoms with van der Waals surface area (Å²) in [5.74, 6) is 0. The number of fused-ring (bicyclic) bond motifs is 1. The fraction of sp³-hybridized carbons (Fsp3) is 0.0769. The standard InChI is InChI=1S/C13H6ClF3N4O2/c14-11-3-4-12-18-9(6-20(12)19-11)7-1-2-8(13(15,16)17)10(5-7)21(22)23/h1-6H. The third-order valence-electron chi connectivity index (χ3n) is 3.08. The Morgan fingerprint density at radius 1 is 1.22 bits per heavy atom. The molecule has 0 atom stereocenters. The van der Waals surface area contributed by atoms with Crippen molar-refractivity contribution in [3.8, 4) is 11.3 Å². The molecule has 1 aromatic carbocycles. The molecule has 3 aromatic rings. The lowest BCUT2D eigenvalue weighted by atomic mass is 10.1. The van der Waals surface area contributed by atoms with Crippen LogP contribution in [0.5, 0.6) is 0 Å². The smallest absolute Gasteiger partial charge is 0.258 e. The Bertz CT molecular complexity index is 923. The molecule has 0 saturated heterocycles. The molecule has 0 amide bonds. The summed E-state index contributed by atoms with van der Waals surface area (Å²) in [6.45, 7) is 0. The molecule has 0 bridgehead atoms. The minimum Gasteiger partial charge on any atom is -0.258 e. The van der Waals surface area contributed by atoms with Crippen LogP contribution in [0.2, 0.25) is 5.15 Å². The number of imidazole rings is 1. The molecule has 2 heterocycles. The summed E-state index contributed by atoms with van der Waals surface area (Å²) in [6, 6.07) is 5.70. The number of benzene rings is 1. The van der Waals surface area contributed by atoms with E-state index in [-0.39, 0.29) is 16.4 Å². The maximum atomic E-state index is 12.8. The number of nitro groups is 1. The van der Waals surface area contributed by atoms with Crippen LogP contribution in [0.3, 0.4) is 0 Å². The fourth-order valence-electron chi connectivity index (χ4n) is 2.08. The maximum absolute atomic E-state index is 12.8. The number of alkyl halides is 3. The van der Waals surface area contributed by atoms with Gasteiger partial charge in [0.2, 0.25) is 0 Å². The van der Waals surface area contributed by atoms with Crippen molar-refractivity contribution in [2.75, 3.05) is 0 Å². The molecule has 6 nitrogen and oxygen atoms in total. The van der Waals surface area contributed by atoms with Gasteiger partial charge in [-0.3, -0.25) is 10.1 Å². The summed E-state index contributed by atoms with van der Waals surface area (Å²) in [6.07, 6.45) is -3.39. The molecule has 0 aliphatic carbocycles. The molecular formula is C13H6ClF3N4O2. The lowest BCUT2D eigenvalue weighted by Crippen LogP contribution is -2.08. The lowest BCUT2D eigenvalue weighted by molar-refractivity contribution is -0.388. The molecule has 0 saturated carbocycles. The number of nitrogens with zero attached hydrogens (tertiary/aromatic N) is 4. The average molecular weight is 343 g/mol. The third-order valence-corrected chi connectivity index (χ3v) is 3.28. The van der Waals surface area contributed by atoms with Crippen molar-refractivity contribution in [1.82, 2.24) is 14.6 Å². The molecule has 10 heteroatoms. The van der Waals surface area contributed by atoms with Gasteiger partial charge in [-0.1, -0.05) is 17.7 Å². The summed E-state index contributed by atoms with van der Waals surface area (Å²) >= 11 is 5.74. The van der Waals surface area contributed by atoms with Crippen LogP contribution < -0.4 is 0 Å². The Morgan fingerprint density at radius 3 is 2.61 bits per heavy atom. The van der Waals surface area contributed by atoms with Gasteiger partial charge in [0.25, 0.3) is 5.69 Å². The molecular weight excluding hydrogens is 337 g/mol. The Balaban J connectivity index is 2.15. The zero-order chi connectivity index (χ0) is 16.8. The van der Waals surface area contributed by atoms with E-state index in [2.05, 4.69) is 10.1 Å². The summed E-state index contributed by atoms with van der Waals surface area (Å²) in [5, 5.41) is 15.1. The first-order valence-electron chi connectivity index (χ1n) is 6.13. The van der Waals surface area contributed by atoms with Crippen LogP contribution in [0.15, 0.2) is 36.5 Å². The van der Waals surface area contributed by atoms with Crippen molar-refractivity contribution < 1.29 is 18.1 Å². The second-order valence-electron chi connectivity index (χ2n) is 4.57. The van der Waals surface area contributed by atoms with Crippen molar-refractivity contribution in [3.63, 3.8) is 0 Å². The first-order chi connectivity index (χ1) is 10.8. The molecule has 0 fully saturated rings. The van der Waals surface area contributed by atoms with Gasteiger partial charge in [-0.15, -0.1) is 0 Å². The van der Waals surface area contributed by atoms with Gasteiger partial charge in [0.05, 0.1) is 16.8 Å². The van der Waals surface area contributed by atoms with E-state index in [9.17, 15) is 23.3 Å². The molecule has 0 radical (unpaired) electrons. The number of hydrogen-bond donors (Lipinski definition) is 0. The summed E-state index contributed by atoms with van der Waals surface area (Å²) in [7, 11) is 0. The maximum Gasteiger partial charge on any atom is 0.422 e. The van der Waals surface area contributed by atoms with E-state index >= 15 is 0 Å². The van der Waals surface area contributed by atoms with Gasteiger partial charge in [0, 0.05) is 11.6 Å². The van der Waals surface area contributed by atoms with Gasteiger partial charge in [-0.2, -0.15) is 18.3 Å². The normalized spacial score (nSPS) is 11.8. The van der Waals surface area contributed by atoms with Crippen molar-refractivity contribution in [2.45, 2.75) is 6.18 Å². The second kappa shape index (κ2) is 5.20. The summed E-state index contributed by atoms with van der Waals surface area (Å²) in [5.41, 5.74) is -1.51. The topological polar surface area (TPSA) is 73.3 Å². The minimum absolute atomic E-state index is 0.173. The van der Waals surface area contributed by atoms with E-state index in [1.165, 1.54) is 16.8 Å². The zero-order valence-electron chi connectivity index (χ0n) is 11.1. The van der Waals surface area contributed by atoms with E-state index in [0.717, 1.165) is 12.1 Å². The highest BCUT2D eigenvalue weighted by molar-refractivity contribution is 6.29. The summed E-state index contributed by atoms with van der Waals surface area (Å²) in [4.78, 5) is 14.0. The van der Waals surface area contributed by atoms with Crippen LogP contribution in [0, 0.1) is 10.1 Å². The molecule has 0 spiro atoms. The van der Waals surface area contributed by atoms with Crippen LogP contribution >= 0.6 is 11.6 Å². The Kier molecular flexibility index (Phi) is 3.44.